The number of rotatable bonds is 4. The molecule has 0 bridgehead atoms. The molecule has 0 unspecified atom stereocenters. The van der Waals surface area contributed by atoms with Crippen molar-refractivity contribution in [3.8, 4) is 11.5 Å². The van der Waals surface area contributed by atoms with Gasteiger partial charge in [-0.3, -0.25) is 4.79 Å². The van der Waals surface area contributed by atoms with E-state index in [-0.39, 0.29) is 17.0 Å². The van der Waals surface area contributed by atoms with E-state index < -0.39 is 11.9 Å². The lowest BCUT2D eigenvalue weighted by molar-refractivity contribution is 0.0693. The molecule has 22 heavy (non-hydrogen) atoms. The number of carboxylic acids is 1. The largest absolute Gasteiger partial charge is 0.507 e. The molecule has 0 heterocycles. The summed E-state index contributed by atoms with van der Waals surface area (Å²) in [5, 5.41) is 21.0. The van der Waals surface area contributed by atoms with Crippen LogP contribution in [0, 0.1) is 6.92 Å². The molecule has 6 heteroatoms. The second-order valence-electron chi connectivity index (χ2n) is 4.65. The van der Waals surface area contributed by atoms with E-state index in [9.17, 15) is 14.7 Å². The monoisotopic (exact) mass is 301 g/mol. The Morgan fingerprint density at radius 1 is 1.14 bits per heavy atom. The minimum atomic E-state index is -1.28. The molecule has 1 amide bonds. The predicted octanol–water partition coefficient (Wildman–Crippen LogP) is 2.66. The molecule has 0 aliphatic rings. The fourth-order valence-corrected chi connectivity index (χ4v) is 2.09. The number of hydrogen-bond donors (Lipinski definition) is 3. The van der Waals surface area contributed by atoms with Crippen LogP contribution in [0.25, 0.3) is 0 Å². The van der Waals surface area contributed by atoms with Crippen molar-refractivity contribution in [2.24, 2.45) is 0 Å². The number of benzene rings is 2. The molecule has 0 atom stereocenters. The fourth-order valence-electron chi connectivity index (χ4n) is 2.09. The van der Waals surface area contributed by atoms with Gasteiger partial charge in [-0.2, -0.15) is 0 Å². The molecule has 0 aliphatic heterocycles. The smallest absolute Gasteiger partial charge is 0.339 e. The van der Waals surface area contributed by atoms with Gasteiger partial charge in [-0.25, -0.2) is 4.79 Å². The summed E-state index contributed by atoms with van der Waals surface area (Å²) in [5.74, 6) is -1.61. The molecule has 0 radical (unpaired) electrons. The van der Waals surface area contributed by atoms with Crippen molar-refractivity contribution in [3.63, 3.8) is 0 Å². The van der Waals surface area contributed by atoms with Gasteiger partial charge in [0, 0.05) is 5.69 Å². The number of aromatic hydroxyl groups is 1. The van der Waals surface area contributed by atoms with Crippen molar-refractivity contribution in [3.05, 3.63) is 53.1 Å². The molecule has 114 valence electrons. The first kappa shape index (κ1) is 15.4. The Labute approximate surface area is 127 Å². The first-order valence-electron chi connectivity index (χ1n) is 6.45. The summed E-state index contributed by atoms with van der Waals surface area (Å²) in [5.41, 5.74) is 1.14. The molecule has 0 saturated heterocycles. The van der Waals surface area contributed by atoms with Crippen LogP contribution in [0.4, 0.5) is 5.69 Å². The predicted molar refractivity (Wildman–Crippen MR) is 80.8 cm³/mol. The highest BCUT2D eigenvalue weighted by atomic mass is 16.5. The third-order valence-corrected chi connectivity index (χ3v) is 3.15. The second kappa shape index (κ2) is 6.17. The van der Waals surface area contributed by atoms with E-state index in [0.29, 0.717) is 11.3 Å². The topological polar surface area (TPSA) is 95.9 Å². The molecule has 0 aromatic heterocycles. The number of nitrogens with one attached hydrogen (secondary N) is 1. The molecular weight excluding hydrogens is 286 g/mol. The maximum atomic E-state index is 12.3. The summed E-state index contributed by atoms with van der Waals surface area (Å²) in [4.78, 5) is 23.3. The van der Waals surface area contributed by atoms with Gasteiger partial charge in [-0.1, -0.05) is 12.1 Å². The zero-order valence-electron chi connectivity index (χ0n) is 12.1. The average Bonchev–Trinajstić information content (AvgIpc) is 2.48. The van der Waals surface area contributed by atoms with Gasteiger partial charge in [-0.05, 0) is 36.8 Å². The molecule has 0 fully saturated rings. The Morgan fingerprint density at radius 2 is 1.86 bits per heavy atom. The third kappa shape index (κ3) is 3.01. The number of phenols is 1. The molecular formula is C16H15NO5. The molecule has 2 aromatic rings. The van der Waals surface area contributed by atoms with Crippen LogP contribution in [0.3, 0.4) is 0 Å². The highest BCUT2D eigenvalue weighted by molar-refractivity contribution is 6.07. The number of anilines is 1. The van der Waals surface area contributed by atoms with Gasteiger partial charge in [0.25, 0.3) is 5.91 Å². The zero-order chi connectivity index (χ0) is 16.3. The molecule has 0 spiro atoms. The number of amides is 1. The summed E-state index contributed by atoms with van der Waals surface area (Å²) in [6, 6.07) is 8.98. The van der Waals surface area contributed by atoms with Crippen molar-refractivity contribution in [1.29, 1.82) is 0 Å². The van der Waals surface area contributed by atoms with Crippen LogP contribution in [-0.2, 0) is 0 Å². The molecule has 0 aliphatic carbocycles. The third-order valence-electron chi connectivity index (χ3n) is 3.15. The van der Waals surface area contributed by atoms with Gasteiger partial charge < -0.3 is 20.3 Å². The Kier molecular flexibility index (Phi) is 4.31. The number of carbonyl (C=O) groups is 2. The lowest BCUT2D eigenvalue weighted by Gasteiger charge is -2.12. The summed E-state index contributed by atoms with van der Waals surface area (Å²) < 4.78 is 5.22. The standard InChI is InChI=1S/C16H15NO5/c1-9-4-3-5-11(14(9)22-2)15(19)17-10-6-7-13(18)12(8-10)16(20)21/h3-8,18H,1-2H3,(H,17,19)(H,20,21). The lowest BCUT2D eigenvalue weighted by atomic mass is 10.1. The molecule has 6 nitrogen and oxygen atoms in total. The Hall–Kier alpha value is -3.02. The van der Waals surface area contributed by atoms with E-state index in [0.717, 1.165) is 5.56 Å². The highest BCUT2D eigenvalue weighted by Gasteiger charge is 2.16. The molecule has 2 rings (SSSR count). The van der Waals surface area contributed by atoms with E-state index >= 15 is 0 Å². The van der Waals surface area contributed by atoms with Crippen LogP contribution in [0.5, 0.6) is 11.5 Å². The summed E-state index contributed by atoms with van der Waals surface area (Å²) >= 11 is 0. The number of methoxy groups -OCH3 is 1. The van der Waals surface area contributed by atoms with E-state index in [4.69, 9.17) is 9.84 Å². The first-order chi connectivity index (χ1) is 10.4. The number of carbonyl (C=O) groups excluding carboxylic acids is 1. The van der Waals surface area contributed by atoms with Gasteiger partial charge >= 0.3 is 5.97 Å². The Balaban J connectivity index is 2.32. The van der Waals surface area contributed by atoms with Crippen molar-refractivity contribution in [1.82, 2.24) is 0 Å². The first-order valence-corrected chi connectivity index (χ1v) is 6.45. The number of hydrogen-bond acceptors (Lipinski definition) is 4. The summed E-state index contributed by atoms with van der Waals surface area (Å²) in [6.07, 6.45) is 0. The van der Waals surface area contributed by atoms with E-state index in [1.54, 1.807) is 12.1 Å². The number of aromatic carboxylic acids is 1. The molecule has 0 saturated carbocycles. The minimum Gasteiger partial charge on any atom is -0.507 e. The second-order valence-corrected chi connectivity index (χ2v) is 4.65. The van der Waals surface area contributed by atoms with E-state index in [1.165, 1.54) is 25.3 Å². The van der Waals surface area contributed by atoms with Gasteiger partial charge in [0.1, 0.15) is 17.1 Å². The number of aryl methyl sites for hydroxylation is 1. The van der Waals surface area contributed by atoms with Crippen LogP contribution < -0.4 is 10.1 Å². The minimum absolute atomic E-state index is 0.267. The molecule has 3 N–H and O–H groups in total. The molecule has 2 aromatic carbocycles. The van der Waals surface area contributed by atoms with Crippen molar-refractivity contribution in [2.75, 3.05) is 12.4 Å². The van der Waals surface area contributed by atoms with Crippen LogP contribution in [-0.4, -0.2) is 29.2 Å². The van der Waals surface area contributed by atoms with Crippen LogP contribution in [0.15, 0.2) is 36.4 Å². The highest BCUT2D eigenvalue weighted by Crippen LogP contribution is 2.25. The maximum absolute atomic E-state index is 12.3. The number of ether oxygens (including phenoxy) is 1. The summed E-state index contributed by atoms with van der Waals surface area (Å²) in [7, 11) is 1.47. The van der Waals surface area contributed by atoms with Crippen LogP contribution in [0.1, 0.15) is 26.3 Å². The van der Waals surface area contributed by atoms with Crippen molar-refractivity contribution >= 4 is 17.6 Å². The number of para-hydroxylation sites is 1. The Bertz CT molecular complexity index is 739. The zero-order valence-corrected chi connectivity index (χ0v) is 12.1. The summed E-state index contributed by atoms with van der Waals surface area (Å²) in [6.45, 7) is 1.82. The quantitative estimate of drug-likeness (QED) is 0.754. The normalized spacial score (nSPS) is 10.1. The van der Waals surface area contributed by atoms with Gasteiger partial charge in [0.05, 0.1) is 12.7 Å². The van der Waals surface area contributed by atoms with Gasteiger partial charge in [0.15, 0.2) is 0 Å². The fraction of sp³-hybridized carbons (Fsp3) is 0.125. The lowest BCUT2D eigenvalue weighted by Crippen LogP contribution is -2.14. The maximum Gasteiger partial charge on any atom is 0.339 e. The van der Waals surface area contributed by atoms with Gasteiger partial charge in [0.2, 0.25) is 0 Å². The van der Waals surface area contributed by atoms with E-state index in [2.05, 4.69) is 5.32 Å². The van der Waals surface area contributed by atoms with Crippen LogP contribution >= 0.6 is 0 Å². The van der Waals surface area contributed by atoms with Gasteiger partial charge in [-0.15, -0.1) is 0 Å². The van der Waals surface area contributed by atoms with E-state index in [1.807, 2.05) is 13.0 Å². The van der Waals surface area contributed by atoms with Crippen molar-refractivity contribution < 1.29 is 24.5 Å². The Morgan fingerprint density at radius 3 is 2.50 bits per heavy atom. The average molecular weight is 301 g/mol. The number of carboxylic acid groups (broad SMARTS) is 1. The van der Waals surface area contributed by atoms with Crippen molar-refractivity contribution in [2.45, 2.75) is 6.92 Å². The SMILES string of the molecule is COc1c(C)cccc1C(=O)Nc1ccc(O)c(C(=O)O)c1. The van der Waals surface area contributed by atoms with Crippen LogP contribution in [0.2, 0.25) is 0 Å².